The van der Waals surface area contributed by atoms with Gasteiger partial charge in [-0.15, -0.1) is 0 Å². The van der Waals surface area contributed by atoms with Gasteiger partial charge < -0.3 is 5.11 Å². The average Bonchev–Trinajstić information content (AvgIpc) is 2.01. The number of rotatable bonds is 3. The standard InChI is InChI=1S/C8H14O5S/c9-8(10)5-6-2-1-3-7(4-6)14(11,12)13/h6-7H,1-5H2,(H,9,10)(H,11,12,13). The van der Waals surface area contributed by atoms with Crippen molar-refractivity contribution in [2.75, 3.05) is 0 Å². The predicted molar refractivity (Wildman–Crippen MR) is 49.5 cm³/mol. The van der Waals surface area contributed by atoms with Crippen molar-refractivity contribution in [3.05, 3.63) is 0 Å². The largest absolute Gasteiger partial charge is 0.481 e. The zero-order valence-corrected chi connectivity index (χ0v) is 8.53. The Morgan fingerprint density at radius 3 is 2.50 bits per heavy atom. The van der Waals surface area contributed by atoms with E-state index in [1.807, 2.05) is 0 Å². The van der Waals surface area contributed by atoms with Crippen LogP contribution in [0, 0.1) is 5.92 Å². The van der Waals surface area contributed by atoms with Crippen LogP contribution >= 0.6 is 0 Å². The molecule has 2 atom stereocenters. The third-order valence-corrected chi connectivity index (χ3v) is 3.89. The molecule has 2 unspecified atom stereocenters. The summed E-state index contributed by atoms with van der Waals surface area (Å²) in [5, 5.41) is 7.78. The maximum absolute atomic E-state index is 10.8. The van der Waals surface area contributed by atoms with Crippen LogP contribution in [0.25, 0.3) is 0 Å². The number of carboxylic acid groups (broad SMARTS) is 1. The molecule has 0 aromatic carbocycles. The fourth-order valence-electron chi connectivity index (χ4n) is 1.94. The molecule has 1 aliphatic rings. The average molecular weight is 222 g/mol. The molecular formula is C8H14O5S. The minimum atomic E-state index is -3.99. The SMILES string of the molecule is O=C(O)CC1CCCC(S(=O)(=O)O)C1. The second kappa shape index (κ2) is 4.27. The number of aliphatic carboxylic acids is 1. The topological polar surface area (TPSA) is 91.7 Å². The van der Waals surface area contributed by atoms with Crippen LogP contribution in [0.2, 0.25) is 0 Å². The molecule has 82 valence electrons. The predicted octanol–water partition coefficient (Wildman–Crippen LogP) is 0.908. The second-order valence-electron chi connectivity index (χ2n) is 3.77. The Morgan fingerprint density at radius 2 is 2.00 bits per heavy atom. The number of carbonyl (C=O) groups is 1. The fourth-order valence-corrected chi connectivity index (χ4v) is 2.92. The second-order valence-corrected chi connectivity index (χ2v) is 5.46. The third kappa shape index (κ3) is 3.26. The maximum atomic E-state index is 10.8. The molecule has 0 heterocycles. The lowest BCUT2D eigenvalue weighted by Gasteiger charge is -2.25. The highest BCUT2D eigenvalue weighted by Crippen LogP contribution is 2.30. The van der Waals surface area contributed by atoms with E-state index in [1.54, 1.807) is 0 Å². The quantitative estimate of drug-likeness (QED) is 0.692. The molecule has 5 nitrogen and oxygen atoms in total. The van der Waals surface area contributed by atoms with Crippen LogP contribution in [0.5, 0.6) is 0 Å². The van der Waals surface area contributed by atoms with E-state index < -0.39 is 21.3 Å². The van der Waals surface area contributed by atoms with Gasteiger partial charge in [-0.2, -0.15) is 8.42 Å². The van der Waals surface area contributed by atoms with Crippen molar-refractivity contribution in [3.8, 4) is 0 Å². The summed E-state index contributed by atoms with van der Waals surface area (Å²) < 4.78 is 30.5. The summed E-state index contributed by atoms with van der Waals surface area (Å²) in [6.45, 7) is 0. The van der Waals surface area contributed by atoms with Crippen LogP contribution < -0.4 is 0 Å². The van der Waals surface area contributed by atoms with Crippen LogP contribution in [-0.4, -0.2) is 29.3 Å². The van der Waals surface area contributed by atoms with Gasteiger partial charge in [-0.25, -0.2) is 0 Å². The monoisotopic (exact) mass is 222 g/mol. The van der Waals surface area contributed by atoms with Crippen molar-refractivity contribution in [3.63, 3.8) is 0 Å². The first-order valence-corrected chi connectivity index (χ1v) is 6.08. The Hall–Kier alpha value is -0.620. The molecule has 0 saturated heterocycles. The molecule has 0 aromatic heterocycles. The lowest BCUT2D eigenvalue weighted by atomic mass is 9.87. The van der Waals surface area contributed by atoms with Gasteiger partial charge >= 0.3 is 5.97 Å². The summed E-state index contributed by atoms with van der Waals surface area (Å²) in [5.74, 6) is -1.03. The summed E-state index contributed by atoms with van der Waals surface area (Å²) in [4.78, 5) is 10.4. The van der Waals surface area contributed by atoms with Crippen LogP contribution in [0.4, 0.5) is 0 Å². The Kier molecular flexibility index (Phi) is 3.49. The first-order valence-electron chi connectivity index (χ1n) is 4.57. The molecule has 6 heteroatoms. The van der Waals surface area contributed by atoms with Crippen molar-refractivity contribution >= 4 is 16.1 Å². The highest BCUT2D eigenvalue weighted by Gasteiger charge is 2.31. The molecular weight excluding hydrogens is 208 g/mol. The molecule has 1 rings (SSSR count). The van der Waals surface area contributed by atoms with Gasteiger partial charge in [0, 0.05) is 6.42 Å². The summed E-state index contributed by atoms with van der Waals surface area (Å²) in [6, 6.07) is 0. The maximum Gasteiger partial charge on any atom is 0.303 e. The van der Waals surface area contributed by atoms with Crippen molar-refractivity contribution < 1.29 is 22.9 Å². The summed E-state index contributed by atoms with van der Waals surface area (Å²) >= 11 is 0. The molecule has 2 N–H and O–H groups in total. The van der Waals surface area contributed by atoms with Crippen LogP contribution in [0.3, 0.4) is 0 Å². The van der Waals surface area contributed by atoms with E-state index in [1.165, 1.54) is 0 Å². The Bertz CT molecular complexity index is 308. The zero-order valence-electron chi connectivity index (χ0n) is 7.72. The van der Waals surface area contributed by atoms with Gasteiger partial charge in [0.1, 0.15) is 0 Å². The van der Waals surface area contributed by atoms with Gasteiger partial charge in [0.2, 0.25) is 0 Å². The van der Waals surface area contributed by atoms with E-state index >= 15 is 0 Å². The van der Waals surface area contributed by atoms with Gasteiger partial charge in [0.05, 0.1) is 5.25 Å². The van der Waals surface area contributed by atoms with Crippen LogP contribution in [0.1, 0.15) is 32.1 Å². The van der Waals surface area contributed by atoms with Crippen molar-refractivity contribution in [2.45, 2.75) is 37.4 Å². The summed E-state index contributed by atoms with van der Waals surface area (Å²) in [5.41, 5.74) is 0. The van der Waals surface area contributed by atoms with Crippen molar-refractivity contribution in [2.24, 2.45) is 5.92 Å². The van der Waals surface area contributed by atoms with Gasteiger partial charge in [-0.1, -0.05) is 6.42 Å². The number of hydrogen-bond acceptors (Lipinski definition) is 3. The molecule has 1 fully saturated rings. The first kappa shape index (κ1) is 11.5. The van der Waals surface area contributed by atoms with Crippen molar-refractivity contribution in [1.82, 2.24) is 0 Å². The minimum absolute atomic E-state index is 0.00792. The van der Waals surface area contributed by atoms with E-state index in [2.05, 4.69) is 0 Å². The smallest absolute Gasteiger partial charge is 0.303 e. The molecule has 0 amide bonds. The summed E-state index contributed by atoms with van der Waals surface area (Å²) in [6.07, 6.45) is 2.10. The number of hydrogen-bond donors (Lipinski definition) is 2. The van der Waals surface area contributed by atoms with Crippen LogP contribution in [-0.2, 0) is 14.9 Å². The number of carboxylic acids is 1. The normalized spacial score (nSPS) is 28.6. The summed E-state index contributed by atoms with van der Waals surface area (Å²) in [7, 11) is -3.99. The molecule has 1 saturated carbocycles. The van der Waals surface area contributed by atoms with Crippen molar-refractivity contribution in [1.29, 1.82) is 0 Å². The lowest BCUT2D eigenvalue weighted by Crippen LogP contribution is -2.28. The molecule has 0 aliphatic heterocycles. The highest BCUT2D eigenvalue weighted by atomic mass is 32.2. The van der Waals surface area contributed by atoms with Crippen LogP contribution in [0.15, 0.2) is 0 Å². The molecule has 0 radical (unpaired) electrons. The Labute approximate surface area is 82.9 Å². The third-order valence-electron chi connectivity index (χ3n) is 2.62. The van der Waals surface area contributed by atoms with E-state index in [0.717, 1.165) is 6.42 Å². The molecule has 0 spiro atoms. The first-order chi connectivity index (χ1) is 6.39. The molecule has 0 bridgehead atoms. The Balaban J connectivity index is 2.56. The zero-order chi connectivity index (χ0) is 10.8. The van der Waals surface area contributed by atoms with Gasteiger partial charge in [-0.05, 0) is 25.2 Å². The van der Waals surface area contributed by atoms with Gasteiger partial charge in [0.15, 0.2) is 0 Å². The van der Waals surface area contributed by atoms with E-state index in [4.69, 9.17) is 9.66 Å². The van der Waals surface area contributed by atoms with E-state index in [9.17, 15) is 13.2 Å². The molecule has 1 aliphatic carbocycles. The Morgan fingerprint density at radius 1 is 1.36 bits per heavy atom. The highest BCUT2D eigenvalue weighted by molar-refractivity contribution is 7.86. The fraction of sp³-hybridized carbons (Fsp3) is 0.875. The van der Waals surface area contributed by atoms with E-state index in [0.29, 0.717) is 12.8 Å². The minimum Gasteiger partial charge on any atom is -0.481 e. The lowest BCUT2D eigenvalue weighted by molar-refractivity contribution is -0.138. The van der Waals surface area contributed by atoms with Gasteiger partial charge in [-0.3, -0.25) is 9.35 Å². The van der Waals surface area contributed by atoms with Gasteiger partial charge in [0.25, 0.3) is 10.1 Å². The molecule has 14 heavy (non-hydrogen) atoms. The van der Waals surface area contributed by atoms with E-state index in [-0.39, 0.29) is 18.8 Å². The molecule has 0 aromatic rings.